The molecule has 0 amide bonds. The number of rotatable bonds is 5. The Bertz CT molecular complexity index is 284. The Balaban J connectivity index is 2.53. The number of benzene rings is 1. The first-order chi connectivity index (χ1) is 7.13. The predicted octanol–water partition coefficient (Wildman–Crippen LogP) is 1.01. The molecule has 0 spiro atoms. The third kappa shape index (κ3) is 3.90. The minimum absolute atomic E-state index is 0.332. The summed E-state index contributed by atoms with van der Waals surface area (Å²) < 4.78 is 0. The normalized spacial score (nSPS) is 12.5. The molecule has 1 atom stereocenters. The minimum atomic E-state index is -0.332. The molecule has 2 N–H and O–H groups in total. The van der Waals surface area contributed by atoms with E-state index in [2.05, 4.69) is 41.4 Å². The van der Waals surface area contributed by atoms with Gasteiger partial charge in [-0.25, -0.2) is 0 Å². The number of anilines is 1. The van der Waals surface area contributed by atoms with Gasteiger partial charge >= 0.3 is 0 Å². The molecule has 1 aromatic rings. The Hall–Kier alpha value is -1.06. The lowest BCUT2D eigenvalue weighted by Gasteiger charge is -2.22. The van der Waals surface area contributed by atoms with Crippen LogP contribution in [0.15, 0.2) is 24.3 Å². The molecule has 3 nitrogen and oxygen atoms in total. The number of nitrogens with zero attached hydrogens (tertiary/aromatic N) is 1. The van der Waals surface area contributed by atoms with E-state index in [9.17, 15) is 5.11 Å². The molecule has 0 aromatic heterocycles. The summed E-state index contributed by atoms with van der Waals surface area (Å²) in [5, 5.41) is 12.6. The van der Waals surface area contributed by atoms with Crippen molar-refractivity contribution in [1.82, 2.24) is 5.32 Å². The lowest BCUT2D eigenvalue weighted by Crippen LogP contribution is -2.35. The van der Waals surface area contributed by atoms with Gasteiger partial charge in [-0.15, -0.1) is 0 Å². The molecule has 0 aliphatic carbocycles. The van der Waals surface area contributed by atoms with Gasteiger partial charge in [0.05, 0.1) is 6.10 Å². The van der Waals surface area contributed by atoms with Crippen LogP contribution >= 0.6 is 0 Å². The Labute approximate surface area is 91.7 Å². The van der Waals surface area contributed by atoms with Gasteiger partial charge in [0, 0.05) is 25.8 Å². The van der Waals surface area contributed by atoms with Crippen molar-refractivity contribution in [2.75, 3.05) is 32.1 Å². The zero-order valence-corrected chi connectivity index (χ0v) is 9.70. The quantitative estimate of drug-likeness (QED) is 0.758. The summed E-state index contributed by atoms with van der Waals surface area (Å²) in [6.45, 7) is 3.33. The molecule has 1 rings (SSSR count). The third-order valence-corrected chi connectivity index (χ3v) is 2.40. The highest BCUT2D eigenvalue weighted by molar-refractivity contribution is 5.46. The SMILES string of the molecule is CNCC(O)CN(C)c1ccc(C)cc1. The van der Waals surface area contributed by atoms with Crippen molar-refractivity contribution < 1.29 is 5.11 Å². The van der Waals surface area contributed by atoms with E-state index in [1.165, 1.54) is 5.56 Å². The Morgan fingerprint density at radius 1 is 1.33 bits per heavy atom. The Kier molecular flexibility index (Phi) is 4.59. The van der Waals surface area contributed by atoms with Crippen molar-refractivity contribution in [1.29, 1.82) is 0 Å². The van der Waals surface area contributed by atoms with E-state index in [1.807, 2.05) is 14.1 Å². The average Bonchev–Trinajstić information content (AvgIpc) is 2.18. The smallest absolute Gasteiger partial charge is 0.0838 e. The van der Waals surface area contributed by atoms with E-state index in [0.717, 1.165) is 5.69 Å². The number of aliphatic hydroxyl groups is 1. The second-order valence-corrected chi connectivity index (χ2v) is 3.93. The van der Waals surface area contributed by atoms with E-state index >= 15 is 0 Å². The highest BCUT2D eigenvalue weighted by atomic mass is 16.3. The van der Waals surface area contributed by atoms with Gasteiger partial charge in [-0.2, -0.15) is 0 Å². The molecule has 0 radical (unpaired) electrons. The van der Waals surface area contributed by atoms with Crippen molar-refractivity contribution in [2.24, 2.45) is 0 Å². The minimum Gasteiger partial charge on any atom is -0.390 e. The van der Waals surface area contributed by atoms with Crippen molar-refractivity contribution >= 4 is 5.69 Å². The monoisotopic (exact) mass is 208 g/mol. The van der Waals surface area contributed by atoms with Crippen LogP contribution in [0.25, 0.3) is 0 Å². The van der Waals surface area contributed by atoms with Gasteiger partial charge < -0.3 is 15.3 Å². The van der Waals surface area contributed by atoms with E-state index < -0.39 is 0 Å². The molecule has 0 saturated heterocycles. The molecule has 0 aliphatic heterocycles. The van der Waals surface area contributed by atoms with Gasteiger partial charge in [0.15, 0.2) is 0 Å². The third-order valence-electron chi connectivity index (χ3n) is 2.40. The molecule has 0 aliphatic rings. The highest BCUT2D eigenvalue weighted by Gasteiger charge is 2.07. The fourth-order valence-electron chi connectivity index (χ4n) is 1.52. The fourth-order valence-corrected chi connectivity index (χ4v) is 1.52. The van der Waals surface area contributed by atoms with E-state index in [4.69, 9.17) is 0 Å². The maximum Gasteiger partial charge on any atom is 0.0838 e. The largest absolute Gasteiger partial charge is 0.390 e. The van der Waals surface area contributed by atoms with Crippen molar-refractivity contribution in [3.05, 3.63) is 29.8 Å². The number of likely N-dealkylation sites (N-methyl/N-ethyl adjacent to an activating group) is 2. The van der Waals surface area contributed by atoms with E-state index in [-0.39, 0.29) is 6.10 Å². The van der Waals surface area contributed by atoms with Gasteiger partial charge in [0.25, 0.3) is 0 Å². The maximum absolute atomic E-state index is 9.63. The summed E-state index contributed by atoms with van der Waals surface area (Å²) in [4.78, 5) is 2.06. The first kappa shape index (κ1) is 12.0. The summed E-state index contributed by atoms with van der Waals surface area (Å²) in [5.41, 5.74) is 2.39. The zero-order chi connectivity index (χ0) is 11.3. The summed E-state index contributed by atoms with van der Waals surface area (Å²) in [5.74, 6) is 0. The van der Waals surface area contributed by atoms with Crippen molar-refractivity contribution in [3.8, 4) is 0 Å². The summed E-state index contributed by atoms with van der Waals surface area (Å²) in [6, 6.07) is 8.30. The summed E-state index contributed by atoms with van der Waals surface area (Å²) >= 11 is 0. The molecule has 15 heavy (non-hydrogen) atoms. The highest BCUT2D eigenvalue weighted by Crippen LogP contribution is 2.13. The van der Waals surface area contributed by atoms with Crippen LogP contribution in [0.3, 0.4) is 0 Å². The lowest BCUT2D eigenvalue weighted by molar-refractivity contribution is 0.181. The number of hydrogen-bond donors (Lipinski definition) is 2. The van der Waals surface area contributed by atoms with E-state index in [0.29, 0.717) is 13.1 Å². The zero-order valence-electron chi connectivity index (χ0n) is 9.70. The fraction of sp³-hybridized carbons (Fsp3) is 0.500. The van der Waals surface area contributed by atoms with Gasteiger partial charge in [0.1, 0.15) is 0 Å². The maximum atomic E-state index is 9.63. The number of aliphatic hydroxyl groups excluding tert-OH is 1. The van der Waals surface area contributed by atoms with Crippen LogP contribution in [0.1, 0.15) is 5.56 Å². The van der Waals surface area contributed by atoms with Crippen LogP contribution in [0, 0.1) is 6.92 Å². The van der Waals surface area contributed by atoms with Crippen LogP contribution in [-0.2, 0) is 0 Å². The van der Waals surface area contributed by atoms with Crippen LogP contribution in [0.4, 0.5) is 5.69 Å². The second-order valence-electron chi connectivity index (χ2n) is 3.93. The van der Waals surface area contributed by atoms with Crippen LogP contribution in [0.5, 0.6) is 0 Å². The number of nitrogens with one attached hydrogen (secondary N) is 1. The Morgan fingerprint density at radius 2 is 1.93 bits per heavy atom. The van der Waals surface area contributed by atoms with Gasteiger partial charge in [-0.1, -0.05) is 17.7 Å². The van der Waals surface area contributed by atoms with Gasteiger partial charge in [0.2, 0.25) is 0 Å². The first-order valence-electron chi connectivity index (χ1n) is 5.24. The molecule has 0 fully saturated rings. The topological polar surface area (TPSA) is 35.5 Å². The molecule has 1 aromatic carbocycles. The molecule has 0 heterocycles. The van der Waals surface area contributed by atoms with Crippen LogP contribution in [-0.4, -0.2) is 38.4 Å². The predicted molar refractivity (Wildman–Crippen MR) is 64.4 cm³/mol. The first-order valence-corrected chi connectivity index (χ1v) is 5.24. The molecule has 1 unspecified atom stereocenters. The second kappa shape index (κ2) is 5.73. The summed E-state index contributed by atoms with van der Waals surface area (Å²) in [7, 11) is 3.83. The van der Waals surface area contributed by atoms with Gasteiger partial charge in [-0.05, 0) is 26.1 Å². The number of hydrogen-bond acceptors (Lipinski definition) is 3. The molecular formula is C12H20N2O. The van der Waals surface area contributed by atoms with Gasteiger partial charge in [-0.3, -0.25) is 0 Å². The van der Waals surface area contributed by atoms with E-state index in [1.54, 1.807) is 0 Å². The molecular weight excluding hydrogens is 188 g/mol. The van der Waals surface area contributed by atoms with Crippen molar-refractivity contribution in [2.45, 2.75) is 13.0 Å². The molecule has 84 valence electrons. The standard InChI is InChI=1S/C12H20N2O/c1-10-4-6-11(7-5-10)14(3)9-12(15)8-13-2/h4-7,12-13,15H,8-9H2,1-3H3. The molecule has 3 heteroatoms. The van der Waals surface area contributed by atoms with Crippen LogP contribution in [0.2, 0.25) is 0 Å². The van der Waals surface area contributed by atoms with Crippen LogP contribution < -0.4 is 10.2 Å². The number of aryl methyl sites for hydroxylation is 1. The lowest BCUT2D eigenvalue weighted by atomic mass is 10.2. The molecule has 0 saturated carbocycles. The average molecular weight is 208 g/mol. The molecule has 0 bridgehead atoms. The summed E-state index contributed by atoms with van der Waals surface area (Å²) in [6.07, 6.45) is -0.332. The van der Waals surface area contributed by atoms with Crippen molar-refractivity contribution in [3.63, 3.8) is 0 Å². The Morgan fingerprint density at radius 3 is 2.47 bits per heavy atom.